The van der Waals surface area contributed by atoms with Crippen molar-refractivity contribution < 1.29 is 13.6 Å². The summed E-state index contributed by atoms with van der Waals surface area (Å²) in [6, 6.07) is 8.70. The van der Waals surface area contributed by atoms with Crippen molar-refractivity contribution in [2.45, 2.75) is 6.04 Å². The predicted molar refractivity (Wildman–Crippen MR) is 83.4 cm³/mol. The van der Waals surface area contributed by atoms with E-state index in [9.17, 15) is 13.6 Å². The van der Waals surface area contributed by atoms with Crippen LogP contribution in [0.3, 0.4) is 0 Å². The largest absolute Gasteiger partial charge is 0.349 e. The van der Waals surface area contributed by atoms with E-state index in [1.54, 1.807) is 23.1 Å². The molecule has 0 fully saturated rings. The van der Waals surface area contributed by atoms with E-state index in [0.717, 1.165) is 17.0 Å². The fraction of sp³-hybridized carbons (Fsp3) is 0.125. The van der Waals surface area contributed by atoms with Crippen molar-refractivity contribution in [1.29, 1.82) is 0 Å². The SMILES string of the molecule is O=C(NCC(c1cccs1)n1cccn1)c1c(F)cccc1F. The predicted octanol–water partition coefficient (Wildman–Crippen LogP) is 3.24. The van der Waals surface area contributed by atoms with Gasteiger partial charge in [-0.05, 0) is 29.6 Å². The molecule has 0 saturated carbocycles. The Hall–Kier alpha value is -2.54. The Kier molecular flexibility index (Phi) is 4.47. The zero-order valence-electron chi connectivity index (χ0n) is 11.9. The summed E-state index contributed by atoms with van der Waals surface area (Å²) in [5.41, 5.74) is -0.571. The van der Waals surface area contributed by atoms with Gasteiger partial charge in [0.1, 0.15) is 23.2 Å². The molecule has 2 aromatic heterocycles. The standard InChI is InChI=1S/C16H13F2N3OS/c17-11-4-1-5-12(18)15(11)16(22)19-10-13(14-6-2-9-23-14)21-8-3-7-20-21/h1-9,13H,10H2,(H,19,22). The number of amides is 1. The topological polar surface area (TPSA) is 46.9 Å². The molecule has 3 rings (SSSR count). The first-order valence-corrected chi connectivity index (χ1v) is 7.79. The number of carbonyl (C=O) groups excluding carboxylic acids is 1. The first-order valence-electron chi connectivity index (χ1n) is 6.91. The Morgan fingerprint density at radius 2 is 2.00 bits per heavy atom. The van der Waals surface area contributed by atoms with E-state index >= 15 is 0 Å². The van der Waals surface area contributed by atoms with Gasteiger partial charge in [0.15, 0.2) is 0 Å². The quantitative estimate of drug-likeness (QED) is 0.779. The number of thiophene rings is 1. The Labute approximate surface area is 135 Å². The summed E-state index contributed by atoms with van der Waals surface area (Å²) >= 11 is 1.52. The van der Waals surface area contributed by atoms with Crippen molar-refractivity contribution in [2.24, 2.45) is 0 Å². The number of hydrogen-bond acceptors (Lipinski definition) is 3. The second-order valence-electron chi connectivity index (χ2n) is 4.82. The molecule has 23 heavy (non-hydrogen) atoms. The molecule has 3 aromatic rings. The van der Waals surface area contributed by atoms with Crippen molar-refractivity contribution in [3.05, 3.63) is 76.2 Å². The molecular weight excluding hydrogens is 320 g/mol. The number of carbonyl (C=O) groups is 1. The molecule has 1 unspecified atom stereocenters. The molecule has 0 saturated heterocycles. The highest BCUT2D eigenvalue weighted by Crippen LogP contribution is 2.22. The van der Waals surface area contributed by atoms with Crippen LogP contribution in [-0.2, 0) is 0 Å². The van der Waals surface area contributed by atoms with Gasteiger partial charge in [0.05, 0.1) is 0 Å². The van der Waals surface area contributed by atoms with E-state index in [1.807, 2.05) is 17.5 Å². The first kappa shape index (κ1) is 15.4. The number of benzene rings is 1. The van der Waals surface area contributed by atoms with Crippen molar-refractivity contribution in [2.75, 3.05) is 6.54 Å². The van der Waals surface area contributed by atoms with E-state index in [2.05, 4.69) is 10.4 Å². The van der Waals surface area contributed by atoms with Crippen LogP contribution in [-0.4, -0.2) is 22.2 Å². The van der Waals surface area contributed by atoms with Gasteiger partial charge in [-0.15, -0.1) is 11.3 Å². The molecule has 0 aliphatic carbocycles. The lowest BCUT2D eigenvalue weighted by molar-refractivity contribution is 0.0941. The second-order valence-corrected chi connectivity index (χ2v) is 5.80. The summed E-state index contributed by atoms with van der Waals surface area (Å²) in [5.74, 6) is -2.54. The van der Waals surface area contributed by atoms with Gasteiger partial charge in [0, 0.05) is 23.8 Å². The summed E-state index contributed by atoms with van der Waals surface area (Å²) in [4.78, 5) is 13.1. The Morgan fingerprint density at radius 1 is 1.22 bits per heavy atom. The van der Waals surface area contributed by atoms with Crippen molar-refractivity contribution in [3.8, 4) is 0 Å². The number of nitrogens with zero attached hydrogens (tertiary/aromatic N) is 2. The van der Waals surface area contributed by atoms with Gasteiger partial charge < -0.3 is 5.32 Å². The second kappa shape index (κ2) is 6.70. The summed E-state index contributed by atoms with van der Waals surface area (Å²) in [7, 11) is 0. The minimum absolute atomic E-state index is 0.175. The first-order chi connectivity index (χ1) is 11.2. The molecule has 1 amide bonds. The molecule has 1 aromatic carbocycles. The van der Waals surface area contributed by atoms with Crippen molar-refractivity contribution in [3.63, 3.8) is 0 Å². The van der Waals surface area contributed by atoms with Crippen LogP contribution < -0.4 is 5.32 Å². The van der Waals surface area contributed by atoms with Gasteiger partial charge >= 0.3 is 0 Å². The maximum Gasteiger partial charge on any atom is 0.257 e. The lowest BCUT2D eigenvalue weighted by Gasteiger charge is -2.17. The fourth-order valence-corrected chi connectivity index (χ4v) is 3.08. The lowest BCUT2D eigenvalue weighted by Crippen LogP contribution is -2.32. The highest BCUT2D eigenvalue weighted by atomic mass is 32.1. The number of hydrogen-bond donors (Lipinski definition) is 1. The average molecular weight is 333 g/mol. The summed E-state index contributed by atoms with van der Waals surface area (Å²) in [6.45, 7) is 0.175. The van der Waals surface area contributed by atoms with Crippen LogP contribution in [0.15, 0.2) is 54.2 Å². The molecule has 0 spiro atoms. The Morgan fingerprint density at radius 3 is 2.61 bits per heavy atom. The van der Waals surface area contributed by atoms with E-state index in [1.165, 1.54) is 17.4 Å². The van der Waals surface area contributed by atoms with Crippen molar-refractivity contribution in [1.82, 2.24) is 15.1 Å². The Balaban J connectivity index is 1.78. The van der Waals surface area contributed by atoms with Crippen LogP contribution >= 0.6 is 11.3 Å². The molecule has 0 aliphatic heterocycles. The van der Waals surface area contributed by atoms with Crippen LogP contribution in [0.25, 0.3) is 0 Å². The summed E-state index contributed by atoms with van der Waals surface area (Å²) in [6.07, 6.45) is 3.42. The Bertz CT molecular complexity index is 733. The molecule has 0 aliphatic rings. The molecule has 0 bridgehead atoms. The summed E-state index contributed by atoms with van der Waals surface area (Å²) < 4.78 is 29.0. The van der Waals surface area contributed by atoms with Gasteiger partial charge in [-0.25, -0.2) is 8.78 Å². The number of nitrogens with one attached hydrogen (secondary N) is 1. The molecule has 0 radical (unpaired) electrons. The zero-order chi connectivity index (χ0) is 16.2. The highest BCUT2D eigenvalue weighted by Gasteiger charge is 2.20. The van der Waals surface area contributed by atoms with Gasteiger partial charge in [-0.2, -0.15) is 5.10 Å². The molecular formula is C16H13F2N3OS. The van der Waals surface area contributed by atoms with E-state index < -0.39 is 23.1 Å². The fourth-order valence-electron chi connectivity index (χ4n) is 2.26. The number of rotatable bonds is 5. The van der Waals surface area contributed by atoms with E-state index in [0.29, 0.717) is 0 Å². The summed E-state index contributed by atoms with van der Waals surface area (Å²) in [5, 5.41) is 8.69. The van der Waals surface area contributed by atoms with Crippen LogP contribution in [0.5, 0.6) is 0 Å². The lowest BCUT2D eigenvalue weighted by atomic mass is 10.1. The van der Waals surface area contributed by atoms with Gasteiger partial charge in [0.25, 0.3) is 5.91 Å². The maximum atomic E-state index is 13.7. The molecule has 4 nitrogen and oxygen atoms in total. The van der Waals surface area contributed by atoms with Gasteiger partial charge in [-0.1, -0.05) is 12.1 Å². The van der Waals surface area contributed by atoms with E-state index in [4.69, 9.17) is 0 Å². The van der Waals surface area contributed by atoms with Crippen LogP contribution in [0, 0.1) is 11.6 Å². The smallest absolute Gasteiger partial charge is 0.257 e. The monoisotopic (exact) mass is 333 g/mol. The molecule has 1 atom stereocenters. The van der Waals surface area contributed by atoms with E-state index in [-0.39, 0.29) is 12.6 Å². The molecule has 1 N–H and O–H groups in total. The van der Waals surface area contributed by atoms with Gasteiger partial charge in [0.2, 0.25) is 0 Å². The third kappa shape index (κ3) is 3.29. The van der Waals surface area contributed by atoms with Crippen LogP contribution in [0.1, 0.15) is 21.3 Å². The average Bonchev–Trinajstić information content (AvgIpc) is 3.21. The van der Waals surface area contributed by atoms with Crippen LogP contribution in [0.4, 0.5) is 8.78 Å². The third-order valence-corrected chi connectivity index (χ3v) is 4.34. The zero-order valence-corrected chi connectivity index (χ0v) is 12.8. The number of halogens is 2. The van der Waals surface area contributed by atoms with Gasteiger partial charge in [-0.3, -0.25) is 9.48 Å². The maximum absolute atomic E-state index is 13.7. The van der Waals surface area contributed by atoms with Crippen molar-refractivity contribution >= 4 is 17.2 Å². The minimum Gasteiger partial charge on any atom is -0.349 e. The molecule has 7 heteroatoms. The normalized spacial score (nSPS) is 12.1. The van der Waals surface area contributed by atoms with Crippen LogP contribution in [0.2, 0.25) is 0 Å². The minimum atomic E-state index is -0.880. The number of aromatic nitrogens is 2. The molecule has 118 valence electrons. The molecule has 2 heterocycles. The highest BCUT2D eigenvalue weighted by molar-refractivity contribution is 7.10. The third-order valence-electron chi connectivity index (χ3n) is 3.36.